The fourth-order valence-corrected chi connectivity index (χ4v) is 2.30. The number of aromatic nitrogens is 1. The summed E-state index contributed by atoms with van der Waals surface area (Å²) in [6, 6.07) is 7.46. The lowest BCUT2D eigenvalue weighted by Gasteiger charge is -2.15. The lowest BCUT2D eigenvalue weighted by Crippen LogP contribution is -2.17. The van der Waals surface area contributed by atoms with Gasteiger partial charge in [-0.15, -0.1) is 0 Å². The molecule has 1 unspecified atom stereocenters. The molecule has 0 aliphatic rings. The Balaban J connectivity index is 2.15. The van der Waals surface area contributed by atoms with Gasteiger partial charge in [-0.05, 0) is 30.2 Å². The lowest BCUT2D eigenvalue weighted by molar-refractivity contribution is -0.138. The molecular weight excluding hydrogens is 276 g/mol. The van der Waals surface area contributed by atoms with Crippen LogP contribution in [0, 0.1) is 5.92 Å². The molecule has 0 saturated heterocycles. The van der Waals surface area contributed by atoms with Gasteiger partial charge in [0.15, 0.2) is 0 Å². The molecule has 0 spiro atoms. The zero-order chi connectivity index (χ0) is 14.5. The predicted molar refractivity (Wildman–Crippen MR) is 81.3 cm³/mol. The highest BCUT2D eigenvalue weighted by atomic mass is 35.5. The number of hydrogen-bond acceptors (Lipinski definition) is 3. The fourth-order valence-electron chi connectivity index (χ4n) is 2.14. The minimum absolute atomic E-state index is 0.114. The average Bonchev–Trinajstić information content (AvgIpc) is 2.42. The number of aliphatic carboxylic acids is 1. The minimum Gasteiger partial charge on any atom is -0.481 e. The normalized spacial score (nSPS) is 12.3. The first-order valence-electron chi connectivity index (χ1n) is 6.60. The van der Waals surface area contributed by atoms with Crippen molar-refractivity contribution in [1.82, 2.24) is 4.98 Å². The van der Waals surface area contributed by atoms with Crippen molar-refractivity contribution >= 4 is 34.2 Å². The molecule has 2 N–H and O–H groups in total. The maximum Gasteiger partial charge on any atom is 0.303 e. The van der Waals surface area contributed by atoms with E-state index in [1.807, 2.05) is 31.2 Å². The SMILES string of the molecule is CCC(CNc1ccnc2cc(Cl)ccc12)CC(=O)O. The van der Waals surface area contributed by atoms with E-state index < -0.39 is 5.97 Å². The second-order valence-electron chi connectivity index (χ2n) is 4.77. The second-order valence-corrected chi connectivity index (χ2v) is 5.21. The Morgan fingerprint density at radius 3 is 2.95 bits per heavy atom. The smallest absolute Gasteiger partial charge is 0.303 e. The molecule has 4 nitrogen and oxygen atoms in total. The van der Waals surface area contributed by atoms with Gasteiger partial charge in [-0.25, -0.2) is 0 Å². The molecule has 1 aromatic carbocycles. The molecule has 106 valence electrons. The van der Waals surface area contributed by atoms with Gasteiger partial charge in [0.2, 0.25) is 0 Å². The number of nitrogens with zero attached hydrogens (tertiary/aromatic N) is 1. The van der Waals surface area contributed by atoms with Crippen LogP contribution in [0.4, 0.5) is 5.69 Å². The van der Waals surface area contributed by atoms with E-state index in [9.17, 15) is 4.79 Å². The molecule has 2 rings (SSSR count). The molecule has 0 radical (unpaired) electrons. The van der Waals surface area contributed by atoms with Crippen molar-refractivity contribution in [2.75, 3.05) is 11.9 Å². The molecular formula is C15H17ClN2O2. The maximum absolute atomic E-state index is 10.8. The monoisotopic (exact) mass is 292 g/mol. The van der Waals surface area contributed by atoms with Crippen LogP contribution in [0.15, 0.2) is 30.5 Å². The van der Waals surface area contributed by atoms with Crippen LogP contribution in [-0.4, -0.2) is 22.6 Å². The number of carboxylic acids is 1. The summed E-state index contributed by atoms with van der Waals surface area (Å²) in [4.78, 5) is 15.1. The number of pyridine rings is 1. The van der Waals surface area contributed by atoms with E-state index >= 15 is 0 Å². The van der Waals surface area contributed by atoms with E-state index in [-0.39, 0.29) is 12.3 Å². The molecule has 1 aromatic heterocycles. The van der Waals surface area contributed by atoms with Crippen LogP contribution in [0.5, 0.6) is 0 Å². The molecule has 1 atom stereocenters. The molecule has 1 heterocycles. The number of rotatable bonds is 6. The van der Waals surface area contributed by atoms with Crippen molar-refractivity contribution in [1.29, 1.82) is 0 Å². The predicted octanol–water partition coefficient (Wildman–Crippen LogP) is 3.80. The van der Waals surface area contributed by atoms with Gasteiger partial charge in [-0.2, -0.15) is 0 Å². The second kappa shape index (κ2) is 6.57. The van der Waals surface area contributed by atoms with Gasteiger partial charge in [-0.1, -0.05) is 24.9 Å². The van der Waals surface area contributed by atoms with Gasteiger partial charge in [0.25, 0.3) is 0 Å². The molecule has 0 saturated carbocycles. The minimum atomic E-state index is -0.759. The number of hydrogen-bond donors (Lipinski definition) is 2. The van der Waals surface area contributed by atoms with E-state index in [4.69, 9.17) is 16.7 Å². The summed E-state index contributed by atoms with van der Waals surface area (Å²) in [5, 5.41) is 13.8. The highest BCUT2D eigenvalue weighted by Crippen LogP contribution is 2.24. The molecule has 0 aliphatic carbocycles. The van der Waals surface area contributed by atoms with Crippen LogP contribution in [0.1, 0.15) is 19.8 Å². The topological polar surface area (TPSA) is 62.2 Å². The first-order chi connectivity index (χ1) is 9.60. The Morgan fingerprint density at radius 2 is 2.25 bits per heavy atom. The summed E-state index contributed by atoms with van der Waals surface area (Å²) in [5.74, 6) is -0.645. The Hall–Kier alpha value is -1.81. The summed E-state index contributed by atoms with van der Waals surface area (Å²) >= 11 is 5.95. The van der Waals surface area contributed by atoms with Crippen LogP contribution >= 0.6 is 11.6 Å². The summed E-state index contributed by atoms with van der Waals surface area (Å²) in [5.41, 5.74) is 1.78. The highest BCUT2D eigenvalue weighted by Gasteiger charge is 2.11. The van der Waals surface area contributed by atoms with E-state index in [0.717, 1.165) is 23.0 Å². The number of carbonyl (C=O) groups is 1. The Morgan fingerprint density at radius 1 is 1.45 bits per heavy atom. The molecule has 0 fully saturated rings. The largest absolute Gasteiger partial charge is 0.481 e. The standard InChI is InChI=1S/C15H17ClN2O2/c1-2-10(7-15(19)20)9-18-13-5-6-17-14-8-11(16)3-4-12(13)14/h3-6,8,10H,2,7,9H2,1H3,(H,17,18)(H,19,20). The third-order valence-electron chi connectivity index (χ3n) is 3.33. The van der Waals surface area contributed by atoms with Crippen LogP contribution in [-0.2, 0) is 4.79 Å². The first kappa shape index (κ1) is 14.6. The average molecular weight is 293 g/mol. The zero-order valence-corrected chi connectivity index (χ0v) is 12.0. The summed E-state index contributed by atoms with van der Waals surface area (Å²) in [6.45, 7) is 2.63. The zero-order valence-electron chi connectivity index (χ0n) is 11.3. The van der Waals surface area contributed by atoms with Crippen molar-refractivity contribution in [3.63, 3.8) is 0 Å². The quantitative estimate of drug-likeness (QED) is 0.850. The Labute approximate surface area is 122 Å². The van der Waals surface area contributed by atoms with Crippen molar-refractivity contribution < 1.29 is 9.90 Å². The van der Waals surface area contributed by atoms with E-state index in [0.29, 0.717) is 11.6 Å². The molecule has 0 amide bonds. The van der Waals surface area contributed by atoms with Crippen molar-refractivity contribution in [2.45, 2.75) is 19.8 Å². The fraction of sp³-hybridized carbons (Fsp3) is 0.333. The number of nitrogens with one attached hydrogen (secondary N) is 1. The van der Waals surface area contributed by atoms with E-state index in [1.165, 1.54) is 0 Å². The van der Waals surface area contributed by atoms with Crippen molar-refractivity contribution in [3.05, 3.63) is 35.5 Å². The third-order valence-corrected chi connectivity index (χ3v) is 3.56. The van der Waals surface area contributed by atoms with Crippen LogP contribution < -0.4 is 5.32 Å². The molecule has 20 heavy (non-hydrogen) atoms. The highest BCUT2D eigenvalue weighted by molar-refractivity contribution is 6.31. The van der Waals surface area contributed by atoms with Gasteiger partial charge in [0, 0.05) is 35.3 Å². The number of benzene rings is 1. The molecule has 0 aliphatic heterocycles. The van der Waals surface area contributed by atoms with E-state index in [1.54, 1.807) is 6.20 Å². The van der Waals surface area contributed by atoms with Gasteiger partial charge < -0.3 is 10.4 Å². The number of carboxylic acid groups (broad SMARTS) is 1. The summed E-state index contributed by atoms with van der Waals surface area (Å²) < 4.78 is 0. The molecule has 2 aromatic rings. The lowest BCUT2D eigenvalue weighted by atomic mass is 10.0. The van der Waals surface area contributed by atoms with Crippen LogP contribution in [0.3, 0.4) is 0 Å². The van der Waals surface area contributed by atoms with Crippen LogP contribution in [0.25, 0.3) is 10.9 Å². The number of halogens is 1. The number of fused-ring (bicyclic) bond motifs is 1. The molecule has 5 heteroatoms. The molecule has 0 bridgehead atoms. The first-order valence-corrected chi connectivity index (χ1v) is 6.98. The Kier molecular flexibility index (Phi) is 4.79. The van der Waals surface area contributed by atoms with Gasteiger partial charge >= 0.3 is 5.97 Å². The van der Waals surface area contributed by atoms with Crippen molar-refractivity contribution in [2.24, 2.45) is 5.92 Å². The van der Waals surface area contributed by atoms with Crippen molar-refractivity contribution in [3.8, 4) is 0 Å². The third kappa shape index (κ3) is 3.61. The maximum atomic E-state index is 10.8. The van der Waals surface area contributed by atoms with Crippen LogP contribution in [0.2, 0.25) is 5.02 Å². The van der Waals surface area contributed by atoms with Gasteiger partial charge in [0.05, 0.1) is 5.52 Å². The van der Waals surface area contributed by atoms with Gasteiger partial charge in [-0.3, -0.25) is 9.78 Å². The Bertz CT molecular complexity index is 616. The number of anilines is 1. The summed E-state index contributed by atoms with van der Waals surface area (Å²) in [7, 11) is 0. The van der Waals surface area contributed by atoms with Gasteiger partial charge in [0.1, 0.15) is 0 Å². The summed E-state index contributed by atoms with van der Waals surface area (Å²) in [6.07, 6.45) is 2.73. The van der Waals surface area contributed by atoms with E-state index in [2.05, 4.69) is 10.3 Å².